The summed E-state index contributed by atoms with van der Waals surface area (Å²) in [5.74, 6) is -0.985. The van der Waals surface area contributed by atoms with Gasteiger partial charge in [-0.25, -0.2) is 4.79 Å². The van der Waals surface area contributed by atoms with Gasteiger partial charge >= 0.3 is 6.16 Å². The van der Waals surface area contributed by atoms with Crippen LogP contribution in [0.2, 0.25) is 0 Å². The molecule has 0 saturated carbocycles. The number of aromatic nitrogens is 2. The minimum atomic E-state index is -1.64. The molecule has 1 saturated heterocycles. The molecule has 0 amide bonds. The molecular weight excluding hydrogens is 426 g/mol. The molecular formula is C24H27N3O6. The summed E-state index contributed by atoms with van der Waals surface area (Å²) in [7, 11) is 2.05. The minimum absolute atomic E-state index is 0.284. The summed E-state index contributed by atoms with van der Waals surface area (Å²) in [6.45, 7) is 2.39. The lowest BCUT2D eigenvalue weighted by Gasteiger charge is -2.13. The maximum absolute atomic E-state index is 12.5. The van der Waals surface area contributed by atoms with E-state index < -0.39 is 23.2 Å². The predicted octanol–water partition coefficient (Wildman–Crippen LogP) is 3.05. The van der Waals surface area contributed by atoms with E-state index in [0.29, 0.717) is 17.7 Å². The van der Waals surface area contributed by atoms with Crippen molar-refractivity contribution >= 4 is 17.1 Å². The average molecular weight is 453 g/mol. The summed E-state index contributed by atoms with van der Waals surface area (Å²) in [6.07, 6.45) is 2.87. The molecule has 174 valence electrons. The third-order valence-corrected chi connectivity index (χ3v) is 6.65. The Morgan fingerprint density at radius 3 is 2.91 bits per heavy atom. The molecule has 1 atom stereocenters. The molecule has 0 bridgehead atoms. The highest BCUT2D eigenvalue weighted by Gasteiger charge is 2.25. The molecule has 33 heavy (non-hydrogen) atoms. The number of hydrogen-bond donors (Lipinski definition) is 4. The van der Waals surface area contributed by atoms with Gasteiger partial charge in [-0.2, -0.15) is 0 Å². The third kappa shape index (κ3) is 3.98. The monoisotopic (exact) mass is 453 g/mol. The van der Waals surface area contributed by atoms with Crippen LogP contribution >= 0.6 is 0 Å². The lowest BCUT2D eigenvalue weighted by Crippen LogP contribution is -2.26. The lowest BCUT2D eigenvalue weighted by atomic mass is 9.99. The first-order valence-electron chi connectivity index (χ1n) is 11.2. The van der Waals surface area contributed by atoms with Gasteiger partial charge in [-0.05, 0) is 55.9 Å². The number of fused-ring (bicyclic) bond motifs is 4. The lowest BCUT2D eigenvalue weighted by molar-refractivity contribution is 0.110. The highest BCUT2D eigenvalue weighted by Crippen LogP contribution is 2.40. The second kappa shape index (κ2) is 8.57. The van der Waals surface area contributed by atoms with E-state index in [9.17, 15) is 14.7 Å². The molecule has 0 spiro atoms. The molecule has 4 N–H and O–H groups in total. The summed E-state index contributed by atoms with van der Waals surface area (Å²) in [6, 6.07) is 6.30. The summed E-state index contributed by atoms with van der Waals surface area (Å²) >= 11 is 0. The molecule has 1 aliphatic carbocycles. The van der Waals surface area contributed by atoms with E-state index in [4.69, 9.17) is 9.84 Å². The Bertz CT molecular complexity index is 1290. The maximum Gasteiger partial charge on any atom is 0.511 e. The van der Waals surface area contributed by atoms with Crippen molar-refractivity contribution in [1.82, 2.24) is 14.9 Å². The van der Waals surface area contributed by atoms with E-state index in [0.717, 1.165) is 73.1 Å². The second-order valence-corrected chi connectivity index (χ2v) is 8.74. The van der Waals surface area contributed by atoms with E-state index in [1.54, 1.807) is 0 Å². The van der Waals surface area contributed by atoms with Gasteiger partial charge in [0.15, 0.2) is 5.75 Å². The van der Waals surface area contributed by atoms with E-state index in [1.807, 2.05) is 13.1 Å². The number of aromatic hydroxyl groups is 1. The Morgan fingerprint density at radius 2 is 2.15 bits per heavy atom. The fraction of sp³-hybridized carbons (Fsp3) is 0.417. The number of nitrogens with zero attached hydrogens (tertiary/aromatic N) is 1. The van der Waals surface area contributed by atoms with Crippen molar-refractivity contribution in [2.45, 2.75) is 44.8 Å². The number of rotatable bonds is 5. The van der Waals surface area contributed by atoms with Gasteiger partial charge in [-0.3, -0.25) is 4.79 Å². The Morgan fingerprint density at radius 1 is 1.30 bits per heavy atom. The van der Waals surface area contributed by atoms with Crippen LogP contribution in [0, 0.1) is 0 Å². The van der Waals surface area contributed by atoms with Crippen LogP contribution in [0.25, 0.3) is 22.2 Å². The number of ether oxygens (including phenoxy) is 2. The third-order valence-electron chi connectivity index (χ3n) is 6.65. The van der Waals surface area contributed by atoms with Crippen molar-refractivity contribution < 1.29 is 24.5 Å². The Labute approximate surface area is 190 Å². The normalized spacial score (nSPS) is 17.5. The molecule has 2 aliphatic rings. The quantitative estimate of drug-likeness (QED) is 0.438. The van der Waals surface area contributed by atoms with Crippen LogP contribution in [-0.2, 0) is 31.2 Å². The SMILES string of the molecule is Cn1c(CNCC2CCCO2)cc2cc3c(cc21)CCCc1c-3[nH]c(=O)c(OC(=O)O)c1O. The van der Waals surface area contributed by atoms with Crippen LogP contribution in [-0.4, -0.2) is 45.2 Å². The van der Waals surface area contributed by atoms with Gasteiger partial charge < -0.3 is 34.6 Å². The zero-order chi connectivity index (χ0) is 23.1. The Kier molecular flexibility index (Phi) is 5.59. The first-order valence-corrected chi connectivity index (χ1v) is 11.2. The molecule has 9 nitrogen and oxygen atoms in total. The van der Waals surface area contributed by atoms with Gasteiger partial charge in [0.05, 0.1) is 11.8 Å². The fourth-order valence-electron chi connectivity index (χ4n) is 4.98. The van der Waals surface area contributed by atoms with Crippen molar-refractivity contribution in [3.8, 4) is 22.8 Å². The Balaban J connectivity index is 1.52. The maximum atomic E-state index is 12.5. The number of nitrogens with one attached hydrogen (secondary N) is 2. The van der Waals surface area contributed by atoms with E-state index in [1.165, 1.54) is 0 Å². The molecule has 3 aromatic rings. The van der Waals surface area contributed by atoms with Crippen LogP contribution in [0.4, 0.5) is 4.79 Å². The van der Waals surface area contributed by atoms with Crippen LogP contribution in [0.1, 0.15) is 36.1 Å². The average Bonchev–Trinajstić information content (AvgIpc) is 3.35. The number of H-pyrrole nitrogens is 1. The van der Waals surface area contributed by atoms with E-state index >= 15 is 0 Å². The van der Waals surface area contributed by atoms with Crippen molar-refractivity contribution in [2.75, 3.05) is 13.2 Å². The number of benzene rings is 1. The highest BCUT2D eigenvalue weighted by molar-refractivity contribution is 5.89. The van der Waals surface area contributed by atoms with Crippen LogP contribution in [0.5, 0.6) is 11.5 Å². The number of hydrogen-bond acceptors (Lipinski definition) is 6. The summed E-state index contributed by atoms with van der Waals surface area (Å²) in [5, 5.41) is 24.1. The summed E-state index contributed by atoms with van der Waals surface area (Å²) < 4.78 is 12.4. The number of pyridine rings is 1. The fourth-order valence-corrected chi connectivity index (χ4v) is 4.98. The number of carbonyl (C=O) groups is 1. The van der Waals surface area contributed by atoms with Crippen molar-refractivity contribution in [1.29, 1.82) is 0 Å². The van der Waals surface area contributed by atoms with Gasteiger partial charge in [0.25, 0.3) is 5.56 Å². The van der Waals surface area contributed by atoms with Gasteiger partial charge in [0.1, 0.15) is 0 Å². The van der Waals surface area contributed by atoms with E-state index in [-0.39, 0.29) is 6.10 Å². The summed E-state index contributed by atoms with van der Waals surface area (Å²) in [4.78, 5) is 26.2. The van der Waals surface area contributed by atoms with Gasteiger partial charge in [-0.15, -0.1) is 0 Å². The zero-order valence-electron chi connectivity index (χ0n) is 18.4. The van der Waals surface area contributed by atoms with Gasteiger partial charge in [0, 0.05) is 54.5 Å². The first kappa shape index (κ1) is 21.5. The second-order valence-electron chi connectivity index (χ2n) is 8.74. The highest BCUT2D eigenvalue weighted by atomic mass is 16.7. The molecule has 5 rings (SSSR count). The van der Waals surface area contributed by atoms with Gasteiger partial charge in [0.2, 0.25) is 5.75 Å². The smallest absolute Gasteiger partial charge is 0.504 e. The Hall–Kier alpha value is -3.30. The van der Waals surface area contributed by atoms with Crippen molar-refractivity contribution in [2.24, 2.45) is 7.05 Å². The van der Waals surface area contributed by atoms with Crippen molar-refractivity contribution in [3.05, 3.63) is 45.4 Å². The topological polar surface area (TPSA) is 126 Å². The molecule has 2 aromatic heterocycles. The zero-order valence-corrected chi connectivity index (χ0v) is 18.4. The largest absolute Gasteiger partial charge is 0.511 e. The number of carboxylic acid groups (broad SMARTS) is 1. The molecule has 1 fully saturated rings. The van der Waals surface area contributed by atoms with Crippen LogP contribution in [0.15, 0.2) is 23.0 Å². The van der Waals surface area contributed by atoms with Crippen LogP contribution < -0.4 is 15.6 Å². The molecule has 9 heteroatoms. The molecule has 1 aromatic carbocycles. The number of aromatic amines is 1. The first-order chi connectivity index (χ1) is 15.9. The standard InChI is InChI=1S/C24H27N3O6/c1-27-15(11-25-12-16-5-3-7-32-16)8-14-9-18-13(10-19(14)27)4-2-6-17-20(18)26-23(29)22(21(17)28)33-24(30)31/h8-10,16,25H,2-7,11-12H2,1H3,(H,30,31)(H2,26,28,29). The summed E-state index contributed by atoms with van der Waals surface area (Å²) in [5.41, 5.74) is 4.41. The predicted molar refractivity (Wildman–Crippen MR) is 122 cm³/mol. The van der Waals surface area contributed by atoms with Gasteiger partial charge in [-0.1, -0.05) is 0 Å². The van der Waals surface area contributed by atoms with E-state index in [2.05, 4.69) is 31.7 Å². The van der Waals surface area contributed by atoms with Crippen LogP contribution in [0.3, 0.4) is 0 Å². The minimum Gasteiger partial charge on any atom is -0.504 e. The molecule has 1 unspecified atom stereocenters. The molecule has 1 aliphatic heterocycles. The van der Waals surface area contributed by atoms with Crippen molar-refractivity contribution in [3.63, 3.8) is 0 Å². The molecule has 3 heterocycles. The number of aryl methyl sites for hydroxylation is 2. The molecule has 0 radical (unpaired) electrons.